The van der Waals surface area contributed by atoms with Crippen LogP contribution in [0.25, 0.3) is 11.1 Å². The lowest BCUT2D eigenvalue weighted by molar-refractivity contribution is 0.0140. The highest BCUT2D eigenvalue weighted by atomic mass is 35.5. The van der Waals surface area contributed by atoms with E-state index in [-0.39, 0.29) is 23.3 Å². The number of aryl methyl sites for hydroxylation is 2. The lowest BCUT2D eigenvalue weighted by Crippen LogP contribution is -2.51. The molecule has 1 fully saturated rings. The van der Waals surface area contributed by atoms with Gasteiger partial charge in [-0.2, -0.15) is 0 Å². The van der Waals surface area contributed by atoms with Crippen molar-refractivity contribution in [3.63, 3.8) is 0 Å². The molecule has 1 aliphatic heterocycles. The molecule has 0 radical (unpaired) electrons. The van der Waals surface area contributed by atoms with Crippen molar-refractivity contribution < 1.29 is 19.1 Å². The predicted molar refractivity (Wildman–Crippen MR) is 195 cm³/mol. The average molecular weight is 702 g/mol. The Morgan fingerprint density at radius 3 is 1.84 bits per heavy atom. The zero-order valence-corrected chi connectivity index (χ0v) is 30.1. The van der Waals surface area contributed by atoms with E-state index in [0.29, 0.717) is 77.3 Å². The summed E-state index contributed by atoms with van der Waals surface area (Å²) in [6.45, 7) is 10.6. The molecule has 0 saturated carbocycles. The van der Waals surface area contributed by atoms with Gasteiger partial charge >= 0.3 is 6.09 Å². The van der Waals surface area contributed by atoms with Crippen LogP contribution in [0, 0.1) is 13.8 Å². The van der Waals surface area contributed by atoms with Crippen LogP contribution in [0.3, 0.4) is 0 Å². The number of hydrogen-bond donors (Lipinski definition) is 1. The number of ether oxygens (including phenoxy) is 1. The summed E-state index contributed by atoms with van der Waals surface area (Å²) >= 11 is 12.9. The summed E-state index contributed by atoms with van der Waals surface area (Å²) in [5.74, 6) is -0.565. The number of aromatic nitrogens is 1. The van der Waals surface area contributed by atoms with Crippen molar-refractivity contribution in [1.29, 1.82) is 0 Å². The van der Waals surface area contributed by atoms with Gasteiger partial charge in [0.25, 0.3) is 11.8 Å². The van der Waals surface area contributed by atoms with Crippen LogP contribution in [-0.4, -0.2) is 71.0 Å². The molecule has 2 heterocycles. The predicted octanol–water partition coefficient (Wildman–Crippen LogP) is 8.32. The molecule has 3 amide bonds. The molecule has 1 N–H and O–H groups in total. The molecule has 3 aromatic carbocycles. The monoisotopic (exact) mass is 700 g/mol. The summed E-state index contributed by atoms with van der Waals surface area (Å²) in [6.07, 6.45) is 0.243. The van der Waals surface area contributed by atoms with Crippen molar-refractivity contribution in [2.45, 2.75) is 52.6 Å². The highest BCUT2D eigenvalue weighted by molar-refractivity contribution is 6.35. The molecule has 0 aliphatic carbocycles. The fraction of sp³-hybridized carbons (Fsp3) is 0.333. The second kappa shape index (κ2) is 15.4. The number of nitrogens with zero attached hydrogens (tertiary/aromatic N) is 3. The number of benzene rings is 3. The Kier molecular flexibility index (Phi) is 11.3. The van der Waals surface area contributed by atoms with Crippen molar-refractivity contribution in [2.75, 3.05) is 32.7 Å². The zero-order chi connectivity index (χ0) is 35.3. The second-order valence-electron chi connectivity index (χ2n) is 13.2. The SMILES string of the molecule is Cc1nc(C)c(C(=O)N2CCN(C(=O)OC(C)(C)C)CC2)c(-c2cc(Cl)cc(Cl)c2)c1C(=O)NCCC(c1ccccc1)c1ccccc1. The van der Waals surface area contributed by atoms with E-state index in [2.05, 4.69) is 29.6 Å². The van der Waals surface area contributed by atoms with Gasteiger partial charge in [-0.3, -0.25) is 14.6 Å². The molecule has 8 nitrogen and oxygen atoms in total. The van der Waals surface area contributed by atoms with E-state index in [4.69, 9.17) is 32.9 Å². The Bertz CT molecular complexity index is 1760. The van der Waals surface area contributed by atoms with Gasteiger partial charge in [0.2, 0.25) is 0 Å². The first-order valence-corrected chi connectivity index (χ1v) is 17.2. The molecule has 0 spiro atoms. The zero-order valence-electron chi connectivity index (χ0n) is 28.6. The summed E-state index contributed by atoms with van der Waals surface area (Å²) in [7, 11) is 0. The second-order valence-corrected chi connectivity index (χ2v) is 14.1. The van der Waals surface area contributed by atoms with E-state index in [1.54, 1.807) is 41.8 Å². The Labute approximate surface area is 298 Å². The van der Waals surface area contributed by atoms with Crippen LogP contribution >= 0.6 is 23.2 Å². The van der Waals surface area contributed by atoms with E-state index in [1.165, 1.54) is 0 Å². The quantitative estimate of drug-likeness (QED) is 0.200. The van der Waals surface area contributed by atoms with E-state index in [9.17, 15) is 14.4 Å². The fourth-order valence-corrected chi connectivity index (χ4v) is 6.79. The molecular formula is C39H42Cl2N4O4. The number of halogens is 2. The molecule has 1 aromatic heterocycles. The standard InChI is InChI=1S/C39H42Cl2N4O4/c1-25-33(36(46)42-17-16-32(27-12-8-6-9-13-27)28-14-10-7-11-15-28)35(29-22-30(40)24-31(41)23-29)34(26(2)43-25)37(47)44-18-20-45(21-19-44)38(48)49-39(3,4)5/h6-15,22-24,32H,16-21H2,1-5H3,(H,42,46). The molecule has 1 saturated heterocycles. The van der Waals surface area contributed by atoms with Gasteiger partial charge < -0.3 is 19.9 Å². The molecule has 5 rings (SSSR count). The topological polar surface area (TPSA) is 91.8 Å². The maximum absolute atomic E-state index is 14.3. The van der Waals surface area contributed by atoms with Gasteiger partial charge in [-0.15, -0.1) is 0 Å². The first-order valence-electron chi connectivity index (χ1n) is 16.5. The summed E-state index contributed by atoms with van der Waals surface area (Å²) in [5, 5.41) is 3.87. The third-order valence-corrected chi connectivity index (χ3v) is 8.93. The van der Waals surface area contributed by atoms with Gasteiger partial charge in [0.15, 0.2) is 0 Å². The maximum Gasteiger partial charge on any atom is 0.410 e. The summed E-state index contributed by atoms with van der Waals surface area (Å²) in [4.78, 5) is 49.2. The molecule has 10 heteroatoms. The van der Waals surface area contributed by atoms with Crippen molar-refractivity contribution in [3.05, 3.63) is 123 Å². The summed E-state index contributed by atoms with van der Waals surface area (Å²) in [6, 6.07) is 25.5. The average Bonchev–Trinajstić information content (AvgIpc) is 3.05. The molecule has 256 valence electrons. The minimum Gasteiger partial charge on any atom is -0.444 e. The van der Waals surface area contributed by atoms with Gasteiger partial charge in [-0.25, -0.2) is 4.79 Å². The maximum atomic E-state index is 14.3. The minimum absolute atomic E-state index is 0.0719. The molecule has 0 atom stereocenters. The van der Waals surface area contributed by atoms with Gasteiger partial charge in [0, 0.05) is 54.3 Å². The lowest BCUT2D eigenvalue weighted by Gasteiger charge is -2.36. The summed E-state index contributed by atoms with van der Waals surface area (Å²) < 4.78 is 5.53. The van der Waals surface area contributed by atoms with Gasteiger partial charge in [0.1, 0.15) is 5.60 Å². The van der Waals surface area contributed by atoms with Crippen LogP contribution < -0.4 is 5.32 Å². The Morgan fingerprint density at radius 1 is 0.796 bits per heavy atom. The molecule has 4 aromatic rings. The number of carbonyl (C=O) groups is 3. The van der Waals surface area contributed by atoms with E-state index in [0.717, 1.165) is 11.1 Å². The normalized spacial score (nSPS) is 13.4. The Hall–Kier alpha value is -4.40. The third-order valence-electron chi connectivity index (χ3n) is 8.49. The number of piperazine rings is 1. The van der Waals surface area contributed by atoms with Crippen molar-refractivity contribution in [3.8, 4) is 11.1 Å². The summed E-state index contributed by atoms with van der Waals surface area (Å²) in [5.41, 5.74) is 4.20. The minimum atomic E-state index is -0.622. The number of pyridine rings is 1. The highest BCUT2D eigenvalue weighted by Crippen LogP contribution is 2.36. The first-order chi connectivity index (χ1) is 23.3. The number of hydrogen-bond acceptors (Lipinski definition) is 5. The lowest BCUT2D eigenvalue weighted by atomic mass is 9.88. The van der Waals surface area contributed by atoms with Crippen LogP contribution in [0.5, 0.6) is 0 Å². The van der Waals surface area contributed by atoms with Crippen LogP contribution in [0.2, 0.25) is 10.0 Å². The van der Waals surface area contributed by atoms with E-state index < -0.39 is 11.7 Å². The molecule has 49 heavy (non-hydrogen) atoms. The first kappa shape index (κ1) is 35.9. The van der Waals surface area contributed by atoms with Crippen LogP contribution in [-0.2, 0) is 4.74 Å². The molecular weight excluding hydrogens is 659 g/mol. The van der Waals surface area contributed by atoms with E-state index in [1.807, 2.05) is 57.2 Å². The molecule has 0 bridgehead atoms. The van der Waals surface area contributed by atoms with Crippen LogP contribution in [0.1, 0.15) is 76.3 Å². The van der Waals surface area contributed by atoms with Gasteiger partial charge in [0.05, 0.1) is 22.5 Å². The molecule has 0 unspecified atom stereocenters. The Morgan fingerprint density at radius 2 is 1.31 bits per heavy atom. The van der Waals surface area contributed by atoms with Crippen molar-refractivity contribution in [2.24, 2.45) is 0 Å². The third kappa shape index (κ3) is 8.80. The van der Waals surface area contributed by atoms with E-state index >= 15 is 0 Å². The van der Waals surface area contributed by atoms with Crippen LogP contribution in [0.4, 0.5) is 4.79 Å². The number of nitrogens with one attached hydrogen (secondary N) is 1. The Balaban J connectivity index is 1.45. The number of rotatable bonds is 8. The van der Waals surface area contributed by atoms with Crippen LogP contribution in [0.15, 0.2) is 78.9 Å². The largest absolute Gasteiger partial charge is 0.444 e. The van der Waals surface area contributed by atoms with Crippen molar-refractivity contribution in [1.82, 2.24) is 20.1 Å². The van der Waals surface area contributed by atoms with Gasteiger partial charge in [-0.05, 0) is 75.9 Å². The number of carbonyl (C=O) groups excluding carboxylic acids is 3. The van der Waals surface area contributed by atoms with Gasteiger partial charge in [-0.1, -0.05) is 83.9 Å². The number of amides is 3. The highest BCUT2D eigenvalue weighted by Gasteiger charge is 2.33. The fourth-order valence-electron chi connectivity index (χ4n) is 6.27. The van der Waals surface area contributed by atoms with Crippen molar-refractivity contribution >= 4 is 41.1 Å². The smallest absolute Gasteiger partial charge is 0.410 e. The molecule has 1 aliphatic rings.